The molecule has 1 amide bonds. The van der Waals surface area contributed by atoms with Gasteiger partial charge in [-0.05, 0) is 13.0 Å². The Morgan fingerprint density at radius 2 is 2.06 bits per heavy atom. The number of halogens is 2. The summed E-state index contributed by atoms with van der Waals surface area (Å²) < 4.78 is 28.8. The van der Waals surface area contributed by atoms with Gasteiger partial charge in [0.05, 0.1) is 6.04 Å². The molecule has 0 aliphatic rings. The van der Waals surface area contributed by atoms with E-state index < -0.39 is 6.61 Å². The van der Waals surface area contributed by atoms with Crippen molar-refractivity contribution in [3.8, 4) is 5.75 Å². The van der Waals surface area contributed by atoms with E-state index in [-0.39, 0.29) is 17.7 Å². The fraction of sp³-hybridized carbons (Fsp3) is 0.417. The van der Waals surface area contributed by atoms with E-state index in [9.17, 15) is 13.6 Å². The van der Waals surface area contributed by atoms with Crippen LogP contribution in [0, 0.1) is 0 Å². The van der Waals surface area contributed by atoms with Gasteiger partial charge in [0, 0.05) is 12.0 Å². The van der Waals surface area contributed by atoms with Crippen LogP contribution < -0.4 is 10.1 Å². The normalized spacial score (nSPS) is 12.3. The van der Waals surface area contributed by atoms with Gasteiger partial charge >= 0.3 is 6.61 Å². The fourth-order valence-electron chi connectivity index (χ4n) is 1.46. The topological polar surface area (TPSA) is 38.3 Å². The molecule has 1 aromatic rings. The number of nitrogens with one attached hydrogen (secondary N) is 1. The molecule has 0 fully saturated rings. The van der Waals surface area contributed by atoms with Crippen molar-refractivity contribution in [3.63, 3.8) is 0 Å². The van der Waals surface area contributed by atoms with Crippen molar-refractivity contribution in [1.82, 2.24) is 5.32 Å². The molecule has 0 spiro atoms. The van der Waals surface area contributed by atoms with Gasteiger partial charge in [-0.15, -0.1) is 0 Å². The lowest BCUT2D eigenvalue weighted by Crippen LogP contribution is -2.26. The Hall–Kier alpha value is -1.65. The molecule has 0 aliphatic carbocycles. The van der Waals surface area contributed by atoms with Crippen molar-refractivity contribution in [2.24, 2.45) is 0 Å². The van der Waals surface area contributed by atoms with Crippen LogP contribution in [0.4, 0.5) is 8.78 Å². The molecule has 0 aliphatic heterocycles. The monoisotopic (exact) mass is 243 g/mol. The van der Waals surface area contributed by atoms with Gasteiger partial charge in [0.1, 0.15) is 5.75 Å². The van der Waals surface area contributed by atoms with Gasteiger partial charge in [-0.3, -0.25) is 4.79 Å². The molecule has 1 atom stereocenters. The summed E-state index contributed by atoms with van der Waals surface area (Å²) in [4.78, 5) is 11.2. The first-order valence-corrected chi connectivity index (χ1v) is 5.37. The van der Waals surface area contributed by atoms with Crippen molar-refractivity contribution < 1.29 is 18.3 Å². The molecule has 0 saturated carbocycles. The summed E-state index contributed by atoms with van der Waals surface area (Å²) >= 11 is 0. The minimum Gasteiger partial charge on any atom is -0.434 e. The zero-order valence-electron chi connectivity index (χ0n) is 9.74. The molecular formula is C12H15F2NO2. The Labute approximate surface area is 98.8 Å². The fourth-order valence-corrected chi connectivity index (χ4v) is 1.46. The Bertz CT molecular complexity index is 383. The van der Waals surface area contributed by atoms with Crippen LogP contribution in [0.3, 0.4) is 0 Å². The molecule has 1 unspecified atom stereocenters. The lowest BCUT2D eigenvalue weighted by Gasteiger charge is -2.17. The summed E-state index contributed by atoms with van der Waals surface area (Å²) in [5, 5.41) is 2.70. The smallest absolute Gasteiger partial charge is 0.387 e. The average Bonchev–Trinajstić information content (AvgIpc) is 2.28. The summed E-state index contributed by atoms with van der Waals surface area (Å²) in [6.45, 7) is 0.579. The van der Waals surface area contributed by atoms with Gasteiger partial charge in [-0.2, -0.15) is 8.78 Å². The standard InChI is InChI=1S/C12H15F2NO2/c1-3-11(16)15-8(2)9-6-4-5-7-10(9)17-12(13)14/h4-8,12H,3H2,1-2H3,(H,15,16). The molecule has 94 valence electrons. The molecule has 0 saturated heterocycles. The van der Waals surface area contributed by atoms with Gasteiger partial charge in [0.25, 0.3) is 0 Å². The van der Waals surface area contributed by atoms with Gasteiger partial charge in [-0.25, -0.2) is 0 Å². The van der Waals surface area contributed by atoms with E-state index >= 15 is 0 Å². The second-order valence-electron chi connectivity index (χ2n) is 3.56. The van der Waals surface area contributed by atoms with Crippen LogP contribution in [0.25, 0.3) is 0 Å². The van der Waals surface area contributed by atoms with Gasteiger partial charge in [0.2, 0.25) is 5.91 Å². The lowest BCUT2D eigenvalue weighted by atomic mass is 10.1. The average molecular weight is 243 g/mol. The number of para-hydroxylation sites is 1. The van der Waals surface area contributed by atoms with Crippen molar-refractivity contribution in [1.29, 1.82) is 0 Å². The molecule has 17 heavy (non-hydrogen) atoms. The van der Waals surface area contributed by atoms with Crippen LogP contribution in [0.15, 0.2) is 24.3 Å². The van der Waals surface area contributed by atoms with Crippen molar-refractivity contribution in [3.05, 3.63) is 29.8 Å². The van der Waals surface area contributed by atoms with Crippen LogP contribution in [0.1, 0.15) is 31.9 Å². The first-order chi connectivity index (χ1) is 8.04. The van der Waals surface area contributed by atoms with Gasteiger partial charge in [-0.1, -0.05) is 25.1 Å². The summed E-state index contributed by atoms with van der Waals surface area (Å²) in [6.07, 6.45) is 0.349. The van der Waals surface area contributed by atoms with Crippen molar-refractivity contribution >= 4 is 5.91 Å². The third-order valence-electron chi connectivity index (χ3n) is 2.30. The van der Waals surface area contributed by atoms with E-state index in [0.717, 1.165) is 0 Å². The van der Waals surface area contributed by atoms with Crippen LogP contribution in [0.2, 0.25) is 0 Å². The molecule has 0 bridgehead atoms. The van der Waals surface area contributed by atoms with Gasteiger partial charge in [0.15, 0.2) is 0 Å². The zero-order chi connectivity index (χ0) is 12.8. The quantitative estimate of drug-likeness (QED) is 0.863. The van der Waals surface area contributed by atoms with Crippen LogP contribution >= 0.6 is 0 Å². The highest BCUT2D eigenvalue weighted by molar-refractivity contribution is 5.76. The number of alkyl halides is 2. The zero-order valence-corrected chi connectivity index (χ0v) is 9.74. The second-order valence-corrected chi connectivity index (χ2v) is 3.56. The Morgan fingerprint density at radius 3 is 2.65 bits per heavy atom. The first-order valence-electron chi connectivity index (χ1n) is 5.37. The maximum absolute atomic E-state index is 12.2. The number of carbonyl (C=O) groups excluding carboxylic acids is 1. The molecular weight excluding hydrogens is 228 g/mol. The maximum atomic E-state index is 12.2. The number of carbonyl (C=O) groups is 1. The van der Waals surface area contributed by atoms with E-state index in [2.05, 4.69) is 10.1 Å². The predicted octanol–water partition coefficient (Wildman–Crippen LogP) is 2.88. The number of hydrogen-bond acceptors (Lipinski definition) is 2. The predicted molar refractivity (Wildman–Crippen MR) is 59.9 cm³/mol. The highest BCUT2D eigenvalue weighted by atomic mass is 19.3. The Kier molecular flexibility index (Phi) is 4.87. The van der Waals surface area contributed by atoms with E-state index in [0.29, 0.717) is 12.0 Å². The van der Waals surface area contributed by atoms with Gasteiger partial charge < -0.3 is 10.1 Å². The number of amides is 1. The third kappa shape index (κ3) is 4.01. The van der Waals surface area contributed by atoms with E-state index in [1.54, 1.807) is 32.0 Å². The molecule has 1 aromatic carbocycles. The van der Waals surface area contributed by atoms with Crippen molar-refractivity contribution in [2.75, 3.05) is 0 Å². The molecule has 0 aromatic heterocycles. The SMILES string of the molecule is CCC(=O)NC(C)c1ccccc1OC(F)F. The third-order valence-corrected chi connectivity index (χ3v) is 2.30. The number of ether oxygens (including phenoxy) is 1. The second kappa shape index (κ2) is 6.18. The molecule has 1 rings (SSSR count). The van der Waals surface area contributed by atoms with E-state index in [4.69, 9.17) is 0 Å². The molecule has 3 nitrogen and oxygen atoms in total. The van der Waals surface area contributed by atoms with Crippen LogP contribution in [-0.4, -0.2) is 12.5 Å². The highest BCUT2D eigenvalue weighted by Gasteiger charge is 2.15. The largest absolute Gasteiger partial charge is 0.434 e. The number of benzene rings is 1. The number of hydrogen-bond donors (Lipinski definition) is 1. The van der Waals surface area contributed by atoms with Crippen LogP contribution in [-0.2, 0) is 4.79 Å². The van der Waals surface area contributed by atoms with E-state index in [1.807, 2.05) is 0 Å². The van der Waals surface area contributed by atoms with Crippen LogP contribution in [0.5, 0.6) is 5.75 Å². The highest BCUT2D eigenvalue weighted by Crippen LogP contribution is 2.26. The molecule has 0 heterocycles. The molecule has 5 heteroatoms. The van der Waals surface area contributed by atoms with Crippen molar-refractivity contribution in [2.45, 2.75) is 32.9 Å². The summed E-state index contributed by atoms with van der Waals surface area (Å²) in [5.74, 6) is -0.0456. The maximum Gasteiger partial charge on any atom is 0.387 e. The molecule has 0 radical (unpaired) electrons. The van der Waals surface area contributed by atoms with E-state index in [1.165, 1.54) is 6.07 Å². The Morgan fingerprint density at radius 1 is 1.41 bits per heavy atom. The lowest BCUT2D eigenvalue weighted by molar-refractivity contribution is -0.121. The summed E-state index contributed by atoms with van der Waals surface area (Å²) in [5.41, 5.74) is 0.537. The Balaban J connectivity index is 2.84. The summed E-state index contributed by atoms with van der Waals surface area (Å²) in [7, 11) is 0. The number of rotatable bonds is 5. The summed E-state index contributed by atoms with van der Waals surface area (Å²) in [6, 6.07) is 6.06. The minimum absolute atomic E-state index is 0.0893. The minimum atomic E-state index is -2.87. The molecule has 1 N–H and O–H groups in total. The first kappa shape index (κ1) is 13.4.